The maximum Gasteiger partial charge on any atom is 0.293 e. The first kappa shape index (κ1) is 48.0. The summed E-state index contributed by atoms with van der Waals surface area (Å²) >= 11 is 7.97. The van der Waals surface area contributed by atoms with E-state index in [2.05, 4.69) is 54.0 Å². The molecule has 13 nitrogen and oxygen atoms in total. The summed E-state index contributed by atoms with van der Waals surface area (Å²) in [6.07, 6.45) is 6.40. The van der Waals surface area contributed by atoms with Gasteiger partial charge in [-0.3, -0.25) is 19.8 Å². The molecule has 16 heteroatoms. The van der Waals surface area contributed by atoms with E-state index in [0.717, 1.165) is 132 Å². The van der Waals surface area contributed by atoms with E-state index in [4.69, 9.17) is 11.6 Å². The minimum Gasteiger partial charge on any atom is -0.376 e. The van der Waals surface area contributed by atoms with Crippen molar-refractivity contribution >= 4 is 61.9 Å². The van der Waals surface area contributed by atoms with Gasteiger partial charge in [0.05, 0.1) is 9.82 Å². The van der Waals surface area contributed by atoms with Crippen LogP contribution < -0.4 is 20.3 Å². The molecule has 66 heavy (non-hydrogen) atoms. The lowest BCUT2D eigenvalue weighted by Gasteiger charge is -2.43. The molecule has 2 atom stereocenters. The van der Waals surface area contributed by atoms with Crippen LogP contribution in [-0.2, 0) is 10.0 Å². The second kappa shape index (κ2) is 22.1. The van der Waals surface area contributed by atoms with Crippen molar-refractivity contribution in [3.63, 3.8) is 0 Å². The molecule has 0 radical (unpaired) electrons. The molecule has 4 aromatic rings. The van der Waals surface area contributed by atoms with Crippen molar-refractivity contribution in [3.8, 4) is 0 Å². The standard InChI is InChI=1S/C50H63ClN8O5S2/c1-50(37-57-27-22-52-23-28-57)21-19-46(38-9-13-41(51)14-10-38)40(34-50)35-56-29-31-58(32-30-56)43-15-11-39(12-16-43)49(60)54-66(63,64)45-17-18-47(48(33-45)59(61)62)53-42(20-26-55-24-5-6-25-55)36-65-44-7-3-2-4-8-44/h2-4,7-18,33,42,52-53H,5-6,19-32,34-37H2,1H3,(H,54,60). The number of anilines is 2. The number of carbonyl (C=O) groups is 1. The number of hydrogen-bond acceptors (Lipinski definition) is 12. The number of hydrogen-bond donors (Lipinski definition) is 3. The van der Waals surface area contributed by atoms with E-state index < -0.39 is 20.9 Å². The number of piperazine rings is 2. The summed E-state index contributed by atoms with van der Waals surface area (Å²) < 4.78 is 29.2. The predicted octanol–water partition coefficient (Wildman–Crippen LogP) is 8.10. The lowest BCUT2D eigenvalue weighted by atomic mass is 9.71. The molecule has 0 bridgehead atoms. The molecule has 3 N–H and O–H groups in total. The van der Waals surface area contributed by atoms with Crippen LogP contribution in [0.2, 0.25) is 5.02 Å². The van der Waals surface area contributed by atoms with Gasteiger partial charge in [-0.05, 0) is 129 Å². The number of amides is 1. The summed E-state index contributed by atoms with van der Waals surface area (Å²) in [6.45, 7) is 15.2. The van der Waals surface area contributed by atoms with Gasteiger partial charge in [-0.1, -0.05) is 54.4 Å². The van der Waals surface area contributed by atoms with Crippen LogP contribution in [-0.4, -0.2) is 131 Å². The van der Waals surface area contributed by atoms with E-state index in [1.54, 1.807) is 23.9 Å². The highest BCUT2D eigenvalue weighted by molar-refractivity contribution is 7.99. The van der Waals surface area contributed by atoms with Crippen molar-refractivity contribution in [2.75, 3.05) is 101 Å². The average molecular weight is 956 g/mol. The Morgan fingerprint density at radius 1 is 0.879 bits per heavy atom. The number of nitro benzene ring substituents is 1. The topological polar surface area (TPSA) is 143 Å². The average Bonchev–Trinajstić information content (AvgIpc) is 3.85. The highest BCUT2D eigenvalue weighted by Gasteiger charge is 2.35. The maximum atomic E-state index is 13.6. The lowest BCUT2D eigenvalue weighted by molar-refractivity contribution is -0.384. The number of allylic oxidation sites excluding steroid dienone is 1. The Morgan fingerprint density at radius 2 is 1.59 bits per heavy atom. The summed E-state index contributed by atoms with van der Waals surface area (Å²) in [7, 11) is -4.44. The van der Waals surface area contributed by atoms with Crippen molar-refractivity contribution in [3.05, 3.63) is 129 Å². The first-order valence-corrected chi connectivity index (χ1v) is 26.2. The van der Waals surface area contributed by atoms with Gasteiger partial charge >= 0.3 is 0 Å². The molecule has 4 aromatic carbocycles. The molecule has 3 fully saturated rings. The minimum absolute atomic E-state index is 0.110. The van der Waals surface area contributed by atoms with Crippen LogP contribution in [0.4, 0.5) is 17.1 Å². The van der Waals surface area contributed by atoms with Gasteiger partial charge in [0, 0.05) is 111 Å². The summed E-state index contributed by atoms with van der Waals surface area (Å²) in [5, 5.41) is 20.0. The lowest BCUT2D eigenvalue weighted by Crippen LogP contribution is -2.49. The first-order chi connectivity index (χ1) is 31.9. The Bertz CT molecular complexity index is 2420. The maximum absolute atomic E-state index is 13.6. The third-order valence-corrected chi connectivity index (χ3v) is 16.3. The number of nitrogens with zero attached hydrogens (tertiary/aromatic N) is 5. The molecule has 1 amide bonds. The number of sulfonamides is 1. The van der Waals surface area contributed by atoms with Crippen LogP contribution >= 0.6 is 23.4 Å². The minimum atomic E-state index is -4.44. The van der Waals surface area contributed by atoms with E-state index in [1.165, 1.54) is 41.7 Å². The fourth-order valence-corrected chi connectivity index (χ4v) is 12.0. The Morgan fingerprint density at radius 3 is 2.29 bits per heavy atom. The number of likely N-dealkylation sites (tertiary alicyclic amines) is 1. The van der Waals surface area contributed by atoms with Gasteiger partial charge in [0.25, 0.3) is 21.6 Å². The zero-order valence-corrected chi connectivity index (χ0v) is 40.3. The largest absolute Gasteiger partial charge is 0.376 e. The Hall–Kier alpha value is -4.48. The van der Waals surface area contributed by atoms with E-state index in [9.17, 15) is 23.3 Å². The zero-order valence-electron chi connectivity index (χ0n) is 37.9. The van der Waals surface area contributed by atoms with Crippen LogP contribution in [0.1, 0.15) is 61.4 Å². The van der Waals surface area contributed by atoms with Gasteiger partial charge in [-0.15, -0.1) is 11.8 Å². The predicted molar refractivity (Wildman–Crippen MR) is 267 cm³/mol. The molecule has 8 rings (SSSR count). The van der Waals surface area contributed by atoms with Gasteiger partial charge in [-0.25, -0.2) is 13.1 Å². The van der Waals surface area contributed by atoms with Crippen LogP contribution in [0.25, 0.3) is 5.57 Å². The quantitative estimate of drug-likeness (QED) is 0.0504. The summed E-state index contributed by atoms with van der Waals surface area (Å²) in [4.78, 5) is 35.8. The third-order valence-electron chi connectivity index (χ3n) is 13.6. The Balaban J connectivity index is 0.878. The SMILES string of the molecule is CC1(CN2CCNCC2)CCC(c2ccc(Cl)cc2)=C(CN2CCN(c3ccc(C(=O)NS(=O)(=O)c4ccc(NC(CCN5CCCC5)CSc5ccccc5)c([N+](=O)[O-])c4)cc3)CC2)C1. The van der Waals surface area contributed by atoms with Crippen molar-refractivity contribution in [2.45, 2.75) is 61.3 Å². The summed E-state index contributed by atoms with van der Waals surface area (Å²) in [6, 6.07) is 28.9. The first-order valence-electron chi connectivity index (χ1n) is 23.4. The Labute approximate surface area is 399 Å². The molecule has 0 saturated carbocycles. The molecule has 3 aliphatic heterocycles. The summed E-state index contributed by atoms with van der Waals surface area (Å²) in [5.74, 6) is -0.139. The molecule has 3 heterocycles. The van der Waals surface area contributed by atoms with Crippen molar-refractivity contribution in [1.29, 1.82) is 0 Å². The van der Waals surface area contributed by atoms with Gasteiger partial charge in [0.2, 0.25) is 0 Å². The molecule has 3 saturated heterocycles. The summed E-state index contributed by atoms with van der Waals surface area (Å²) in [5.41, 5.74) is 5.46. The normalized spacial score (nSPS) is 20.6. The van der Waals surface area contributed by atoms with E-state index in [1.807, 2.05) is 54.6 Å². The van der Waals surface area contributed by atoms with Gasteiger partial charge in [0.15, 0.2) is 0 Å². The number of rotatable bonds is 18. The number of halogens is 1. The van der Waals surface area contributed by atoms with Crippen LogP contribution in [0, 0.1) is 15.5 Å². The van der Waals surface area contributed by atoms with Crippen LogP contribution in [0.5, 0.6) is 0 Å². The molecule has 1 aliphatic carbocycles. The van der Waals surface area contributed by atoms with Gasteiger partial charge < -0.3 is 25.3 Å². The Kier molecular flexibility index (Phi) is 16.1. The highest BCUT2D eigenvalue weighted by Crippen LogP contribution is 2.44. The van der Waals surface area contributed by atoms with E-state index in [0.29, 0.717) is 5.75 Å². The molecule has 352 valence electrons. The van der Waals surface area contributed by atoms with Crippen molar-refractivity contribution < 1.29 is 18.1 Å². The number of benzene rings is 4. The molecular formula is C50H63ClN8O5S2. The number of nitrogens with one attached hydrogen (secondary N) is 3. The zero-order chi connectivity index (χ0) is 46.1. The monoisotopic (exact) mass is 954 g/mol. The number of thioether (sulfide) groups is 1. The molecular weight excluding hydrogens is 892 g/mol. The second-order valence-electron chi connectivity index (χ2n) is 18.6. The molecule has 4 aliphatic rings. The third kappa shape index (κ3) is 12.7. The molecule has 2 unspecified atom stereocenters. The molecule has 0 spiro atoms. The van der Waals surface area contributed by atoms with Crippen LogP contribution in [0.3, 0.4) is 0 Å². The van der Waals surface area contributed by atoms with Crippen molar-refractivity contribution in [1.82, 2.24) is 24.7 Å². The van der Waals surface area contributed by atoms with Gasteiger partial charge in [0.1, 0.15) is 5.69 Å². The second-order valence-corrected chi connectivity index (χ2v) is 21.8. The number of nitro groups is 1. The van der Waals surface area contributed by atoms with E-state index >= 15 is 0 Å². The van der Waals surface area contributed by atoms with Gasteiger partial charge in [-0.2, -0.15) is 0 Å². The molecule has 0 aromatic heterocycles. The van der Waals surface area contributed by atoms with Crippen LogP contribution in [0.15, 0.2) is 112 Å². The number of carbonyl (C=O) groups excluding carboxylic acids is 1. The fraction of sp³-hybridized carbons (Fsp3) is 0.460. The van der Waals surface area contributed by atoms with E-state index in [-0.39, 0.29) is 33.3 Å². The fourth-order valence-electron chi connectivity index (χ4n) is 9.93. The smallest absolute Gasteiger partial charge is 0.293 e. The van der Waals surface area contributed by atoms with Crippen molar-refractivity contribution in [2.24, 2.45) is 5.41 Å². The highest BCUT2D eigenvalue weighted by atomic mass is 35.5.